The number of aromatic nitrogens is 2. The predicted molar refractivity (Wildman–Crippen MR) is 86.9 cm³/mol. The van der Waals surface area contributed by atoms with Crippen LogP contribution in [-0.4, -0.2) is 21.0 Å². The van der Waals surface area contributed by atoms with Crippen LogP contribution in [0.25, 0.3) is 10.2 Å². The molecule has 2 heterocycles. The lowest BCUT2D eigenvalue weighted by molar-refractivity contribution is -0.137. The minimum atomic E-state index is -0.758. The third kappa shape index (κ3) is 2.70. The summed E-state index contributed by atoms with van der Waals surface area (Å²) in [6.45, 7) is 4.00. The summed E-state index contributed by atoms with van der Waals surface area (Å²) in [6.07, 6.45) is 2.00. The maximum atomic E-state index is 10.9. The molecule has 0 aliphatic heterocycles. The molecule has 1 atom stereocenters. The second-order valence-corrected chi connectivity index (χ2v) is 6.31. The van der Waals surface area contributed by atoms with Crippen LogP contribution in [0.15, 0.2) is 0 Å². The van der Waals surface area contributed by atoms with Crippen molar-refractivity contribution in [3.63, 3.8) is 0 Å². The number of aromatic amines is 2. The third-order valence-corrected chi connectivity index (χ3v) is 4.94. The van der Waals surface area contributed by atoms with Gasteiger partial charge in [-0.1, -0.05) is 26.1 Å². The number of rotatable bonds is 2. The summed E-state index contributed by atoms with van der Waals surface area (Å²) in [7, 11) is 0. The monoisotopic (exact) mass is 328 g/mol. The Morgan fingerprint density at radius 1 is 1.40 bits per heavy atom. The van der Waals surface area contributed by atoms with Crippen LogP contribution >= 0.6 is 35.8 Å². The number of aliphatic carboxylic acids is 1. The van der Waals surface area contributed by atoms with Crippen LogP contribution < -0.4 is 0 Å². The Morgan fingerprint density at radius 3 is 2.75 bits per heavy atom. The Labute approximate surface area is 130 Å². The Morgan fingerprint density at radius 2 is 2.10 bits per heavy atom. The molecular formula is C13H16N2O2S3. The van der Waals surface area contributed by atoms with E-state index < -0.39 is 5.97 Å². The van der Waals surface area contributed by atoms with E-state index in [1.807, 2.05) is 13.8 Å². The number of thiophene rings is 1. The second-order valence-electron chi connectivity index (χ2n) is 4.38. The molecule has 0 saturated carbocycles. The zero-order valence-electron chi connectivity index (χ0n) is 11.3. The number of H-pyrrole nitrogens is 2. The van der Waals surface area contributed by atoms with Gasteiger partial charge in [-0.05, 0) is 36.5 Å². The summed E-state index contributed by atoms with van der Waals surface area (Å²) in [4.78, 5) is 19.1. The first-order valence-corrected chi connectivity index (χ1v) is 8.19. The number of fused-ring (bicyclic) bond motifs is 3. The zero-order valence-corrected chi connectivity index (χ0v) is 13.7. The van der Waals surface area contributed by atoms with Gasteiger partial charge in [0.15, 0.2) is 4.77 Å². The van der Waals surface area contributed by atoms with E-state index in [2.05, 4.69) is 9.97 Å². The molecule has 3 N–H and O–H groups in total. The van der Waals surface area contributed by atoms with Gasteiger partial charge in [0.05, 0.1) is 6.42 Å². The maximum Gasteiger partial charge on any atom is 0.303 e. The largest absolute Gasteiger partial charge is 0.481 e. The fourth-order valence-corrected chi connectivity index (χ4v) is 4.61. The molecule has 0 radical (unpaired) electrons. The van der Waals surface area contributed by atoms with Crippen LogP contribution in [0.5, 0.6) is 0 Å². The summed E-state index contributed by atoms with van der Waals surface area (Å²) in [6, 6.07) is 0. The highest BCUT2D eigenvalue weighted by molar-refractivity contribution is 7.72. The normalized spacial score (nSPS) is 16.6. The standard InChI is InChI=1S/C11H10N2O2S3.C2H6/c14-6(15)3-4-1-2-5-7(4)8-9(16)12-11(17)13-10(8)18-5;1-2/h4H,1-3H2,(H,14,15)(H2,12,13,16,17);1-2H3. The van der Waals surface area contributed by atoms with Crippen LogP contribution in [0.4, 0.5) is 0 Å². The van der Waals surface area contributed by atoms with Crippen LogP contribution in [0.2, 0.25) is 0 Å². The summed E-state index contributed by atoms with van der Waals surface area (Å²) in [5, 5.41) is 9.93. The number of carboxylic acid groups (broad SMARTS) is 1. The average Bonchev–Trinajstić information content (AvgIpc) is 2.91. The molecule has 108 valence electrons. The molecule has 2 aromatic heterocycles. The van der Waals surface area contributed by atoms with Crippen LogP contribution in [0.1, 0.15) is 43.0 Å². The van der Waals surface area contributed by atoms with Crippen LogP contribution in [-0.2, 0) is 11.2 Å². The molecule has 0 amide bonds. The van der Waals surface area contributed by atoms with Crippen molar-refractivity contribution < 1.29 is 9.90 Å². The van der Waals surface area contributed by atoms with Crippen LogP contribution in [0, 0.1) is 9.41 Å². The third-order valence-electron chi connectivity index (χ3n) is 3.25. The number of nitrogens with one attached hydrogen (secondary N) is 2. The molecule has 1 unspecified atom stereocenters. The smallest absolute Gasteiger partial charge is 0.303 e. The Balaban J connectivity index is 0.000000704. The lowest BCUT2D eigenvalue weighted by Crippen LogP contribution is -2.03. The lowest BCUT2D eigenvalue weighted by Gasteiger charge is -2.07. The van der Waals surface area contributed by atoms with Crippen molar-refractivity contribution >= 4 is 52.0 Å². The van der Waals surface area contributed by atoms with Crippen molar-refractivity contribution in [2.24, 2.45) is 0 Å². The number of hydrogen-bond acceptors (Lipinski definition) is 4. The van der Waals surface area contributed by atoms with E-state index in [0.29, 0.717) is 9.41 Å². The van der Waals surface area contributed by atoms with Crippen molar-refractivity contribution in [1.82, 2.24) is 9.97 Å². The van der Waals surface area contributed by atoms with Gasteiger partial charge >= 0.3 is 5.97 Å². The van der Waals surface area contributed by atoms with E-state index in [1.165, 1.54) is 4.88 Å². The summed E-state index contributed by atoms with van der Waals surface area (Å²) >= 11 is 12.0. The van der Waals surface area contributed by atoms with Gasteiger partial charge in [-0.2, -0.15) is 0 Å². The molecule has 20 heavy (non-hydrogen) atoms. The van der Waals surface area contributed by atoms with Crippen molar-refractivity contribution in [3.8, 4) is 0 Å². The van der Waals surface area contributed by atoms with Gasteiger partial charge < -0.3 is 15.1 Å². The van der Waals surface area contributed by atoms with Crippen molar-refractivity contribution in [1.29, 1.82) is 0 Å². The van der Waals surface area contributed by atoms with Gasteiger partial charge in [-0.15, -0.1) is 11.3 Å². The summed E-state index contributed by atoms with van der Waals surface area (Å²) in [5.74, 6) is -0.684. The fourth-order valence-electron chi connectivity index (χ4n) is 2.59. The van der Waals surface area contributed by atoms with Crippen molar-refractivity contribution in [2.75, 3.05) is 0 Å². The highest BCUT2D eigenvalue weighted by Crippen LogP contribution is 2.44. The first-order chi connectivity index (χ1) is 9.56. The molecule has 3 rings (SSSR count). The van der Waals surface area contributed by atoms with Gasteiger partial charge in [-0.3, -0.25) is 4.79 Å². The molecule has 1 aliphatic rings. The molecule has 0 bridgehead atoms. The predicted octanol–water partition coefficient (Wildman–Crippen LogP) is 4.55. The first-order valence-electron chi connectivity index (χ1n) is 6.56. The maximum absolute atomic E-state index is 10.9. The topological polar surface area (TPSA) is 68.9 Å². The number of carboxylic acids is 1. The van der Waals surface area contributed by atoms with Crippen molar-refractivity contribution in [2.45, 2.75) is 39.0 Å². The van der Waals surface area contributed by atoms with E-state index in [-0.39, 0.29) is 12.3 Å². The average molecular weight is 328 g/mol. The minimum absolute atomic E-state index is 0.0747. The summed E-state index contributed by atoms with van der Waals surface area (Å²) < 4.78 is 1.13. The van der Waals surface area contributed by atoms with E-state index in [4.69, 9.17) is 29.5 Å². The fraction of sp³-hybridized carbons (Fsp3) is 0.462. The van der Waals surface area contributed by atoms with E-state index in [1.54, 1.807) is 11.3 Å². The SMILES string of the molecule is CC.O=C(O)CC1CCc2sc3[nH]c(=S)[nH]c(=S)c3c21. The van der Waals surface area contributed by atoms with Gasteiger partial charge in [0.25, 0.3) is 0 Å². The van der Waals surface area contributed by atoms with Crippen molar-refractivity contribution in [3.05, 3.63) is 19.9 Å². The van der Waals surface area contributed by atoms with Gasteiger partial charge in [-0.25, -0.2) is 0 Å². The summed E-state index contributed by atoms with van der Waals surface area (Å²) in [5.41, 5.74) is 1.12. The lowest BCUT2D eigenvalue weighted by atomic mass is 9.98. The van der Waals surface area contributed by atoms with E-state index in [0.717, 1.165) is 28.6 Å². The second kappa shape index (κ2) is 6.15. The van der Waals surface area contributed by atoms with Gasteiger partial charge in [0, 0.05) is 10.3 Å². The molecule has 7 heteroatoms. The Bertz CT molecular complexity index is 757. The quantitative estimate of drug-likeness (QED) is 0.708. The van der Waals surface area contributed by atoms with E-state index >= 15 is 0 Å². The molecule has 2 aromatic rings. The van der Waals surface area contributed by atoms with Crippen LogP contribution in [0.3, 0.4) is 0 Å². The molecule has 0 fully saturated rings. The number of hydrogen-bond donors (Lipinski definition) is 3. The first kappa shape index (κ1) is 15.3. The number of aryl methyl sites for hydroxylation is 1. The van der Waals surface area contributed by atoms with Gasteiger partial charge in [0.1, 0.15) is 9.47 Å². The minimum Gasteiger partial charge on any atom is -0.481 e. The molecular weight excluding hydrogens is 312 g/mol. The zero-order chi connectivity index (χ0) is 14.9. The Hall–Kier alpha value is -1.05. The molecule has 0 spiro atoms. The molecule has 0 saturated heterocycles. The molecule has 4 nitrogen and oxygen atoms in total. The van der Waals surface area contributed by atoms with E-state index in [9.17, 15) is 4.79 Å². The highest BCUT2D eigenvalue weighted by Gasteiger charge is 2.29. The Kier molecular flexibility index (Phi) is 4.72. The molecule has 1 aliphatic carbocycles. The number of carbonyl (C=O) groups is 1. The molecule has 0 aromatic carbocycles. The highest BCUT2D eigenvalue weighted by atomic mass is 32.1. The van der Waals surface area contributed by atoms with Gasteiger partial charge in [0.2, 0.25) is 0 Å².